The minimum atomic E-state index is -0.110. The fourth-order valence-electron chi connectivity index (χ4n) is 1.54. The van der Waals surface area contributed by atoms with Gasteiger partial charge in [-0.15, -0.1) is 0 Å². The van der Waals surface area contributed by atoms with Crippen molar-refractivity contribution in [1.82, 2.24) is 0 Å². The van der Waals surface area contributed by atoms with Crippen LogP contribution in [0.1, 0.15) is 15.9 Å². The number of benzene rings is 2. The number of hydrogen-bond donors (Lipinski definition) is 1. The molecule has 92 valence electrons. The summed E-state index contributed by atoms with van der Waals surface area (Å²) in [5.41, 5.74) is 2.55. The van der Waals surface area contributed by atoms with E-state index < -0.39 is 0 Å². The molecule has 2 aromatic carbocycles. The van der Waals surface area contributed by atoms with E-state index in [9.17, 15) is 4.79 Å². The van der Waals surface area contributed by atoms with Gasteiger partial charge in [0.05, 0.1) is 5.56 Å². The Bertz CT molecular complexity index is 581. The lowest BCUT2D eigenvalue weighted by atomic mass is 10.1. The monoisotopic (exact) mass is 371 g/mol. The highest BCUT2D eigenvalue weighted by Gasteiger charge is 2.09. The van der Waals surface area contributed by atoms with Crippen LogP contribution in [0.15, 0.2) is 42.5 Å². The summed E-state index contributed by atoms with van der Waals surface area (Å²) in [6, 6.07) is 12.8. The molecule has 0 unspecified atom stereocenters. The lowest BCUT2D eigenvalue weighted by Crippen LogP contribution is -2.13. The number of carbonyl (C=O) groups is 1. The van der Waals surface area contributed by atoms with Crippen molar-refractivity contribution in [3.8, 4) is 0 Å². The number of anilines is 1. The Morgan fingerprint density at radius 2 is 1.83 bits per heavy atom. The molecule has 0 bridgehead atoms. The Balaban J connectivity index is 2.19. The summed E-state index contributed by atoms with van der Waals surface area (Å²) < 4.78 is 0.944. The first-order valence-corrected chi connectivity index (χ1v) is 6.85. The summed E-state index contributed by atoms with van der Waals surface area (Å²) in [4.78, 5) is 12.1. The second kappa shape index (κ2) is 5.71. The Labute approximate surface area is 124 Å². The number of amides is 1. The second-order valence-corrected chi connectivity index (χ2v) is 5.54. The van der Waals surface area contributed by atoms with Crippen molar-refractivity contribution < 1.29 is 4.79 Å². The van der Waals surface area contributed by atoms with Crippen molar-refractivity contribution in [2.24, 2.45) is 0 Å². The fourth-order valence-corrected chi connectivity index (χ4v) is 2.58. The molecule has 2 rings (SSSR count). The van der Waals surface area contributed by atoms with E-state index in [4.69, 9.17) is 11.6 Å². The van der Waals surface area contributed by atoms with Crippen LogP contribution < -0.4 is 5.32 Å². The second-order valence-electron chi connectivity index (χ2n) is 3.94. The van der Waals surface area contributed by atoms with Crippen LogP contribution in [0, 0.1) is 10.5 Å². The first kappa shape index (κ1) is 13.4. The zero-order valence-corrected chi connectivity index (χ0v) is 12.6. The Kier molecular flexibility index (Phi) is 4.24. The van der Waals surface area contributed by atoms with Crippen molar-refractivity contribution in [2.75, 3.05) is 5.32 Å². The van der Waals surface area contributed by atoms with E-state index in [1.54, 1.807) is 24.3 Å². The minimum Gasteiger partial charge on any atom is -0.322 e. The number of hydrogen-bond acceptors (Lipinski definition) is 1. The molecule has 0 saturated heterocycles. The van der Waals surface area contributed by atoms with Gasteiger partial charge in [0.2, 0.25) is 0 Å². The molecular formula is C14H11ClINO. The van der Waals surface area contributed by atoms with Gasteiger partial charge < -0.3 is 5.32 Å². The van der Waals surface area contributed by atoms with Crippen LogP contribution in [0.3, 0.4) is 0 Å². The lowest BCUT2D eigenvalue weighted by molar-refractivity contribution is 0.102. The number of nitrogens with one attached hydrogen (secondary N) is 1. The Morgan fingerprint density at radius 3 is 2.44 bits per heavy atom. The van der Waals surface area contributed by atoms with Crippen LogP contribution in [0.2, 0.25) is 5.02 Å². The smallest absolute Gasteiger partial charge is 0.256 e. The molecule has 0 aliphatic rings. The Morgan fingerprint density at radius 1 is 1.17 bits per heavy atom. The zero-order valence-electron chi connectivity index (χ0n) is 9.71. The molecule has 4 heteroatoms. The summed E-state index contributed by atoms with van der Waals surface area (Å²) in [5.74, 6) is -0.110. The van der Waals surface area contributed by atoms with Gasteiger partial charge in [0.25, 0.3) is 5.91 Å². The normalized spacial score (nSPS) is 10.2. The minimum absolute atomic E-state index is 0.110. The summed E-state index contributed by atoms with van der Waals surface area (Å²) in [5, 5.41) is 3.49. The standard InChI is InChI=1S/C14H11ClINO/c1-9-2-7-12(13(16)8-9)14(18)17-11-5-3-10(15)4-6-11/h2-8H,1H3,(H,17,18). The van der Waals surface area contributed by atoms with Crippen molar-refractivity contribution in [2.45, 2.75) is 6.92 Å². The number of halogens is 2. The van der Waals surface area contributed by atoms with Gasteiger partial charge in [0.1, 0.15) is 0 Å². The molecule has 0 fully saturated rings. The molecule has 0 radical (unpaired) electrons. The topological polar surface area (TPSA) is 29.1 Å². The molecule has 0 saturated carbocycles. The predicted octanol–water partition coefficient (Wildman–Crippen LogP) is 4.51. The molecule has 0 aliphatic carbocycles. The maximum absolute atomic E-state index is 12.1. The quantitative estimate of drug-likeness (QED) is 0.774. The molecule has 2 nitrogen and oxygen atoms in total. The third kappa shape index (κ3) is 3.23. The van der Waals surface area contributed by atoms with Crippen molar-refractivity contribution >= 4 is 45.8 Å². The van der Waals surface area contributed by atoms with Gasteiger partial charge in [0.15, 0.2) is 0 Å². The highest BCUT2D eigenvalue weighted by atomic mass is 127. The number of aryl methyl sites for hydroxylation is 1. The average molecular weight is 372 g/mol. The van der Waals surface area contributed by atoms with E-state index >= 15 is 0 Å². The average Bonchev–Trinajstić information content (AvgIpc) is 2.32. The predicted molar refractivity (Wildman–Crippen MR) is 83.3 cm³/mol. The molecule has 0 aromatic heterocycles. The van der Waals surface area contributed by atoms with Gasteiger partial charge in [-0.2, -0.15) is 0 Å². The third-order valence-electron chi connectivity index (χ3n) is 2.47. The molecule has 0 heterocycles. The summed E-state index contributed by atoms with van der Waals surface area (Å²) in [6.07, 6.45) is 0. The molecular weight excluding hydrogens is 361 g/mol. The van der Waals surface area contributed by atoms with Gasteiger partial charge in [-0.1, -0.05) is 23.2 Å². The van der Waals surface area contributed by atoms with Crippen LogP contribution in [-0.4, -0.2) is 5.91 Å². The summed E-state index contributed by atoms with van der Waals surface area (Å²) >= 11 is 7.96. The molecule has 1 N–H and O–H groups in total. The van der Waals surface area contributed by atoms with Crippen LogP contribution >= 0.6 is 34.2 Å². The maximum atomic E-state index is 12.1. The number of carbonyl (C=O) groups excluding carboxylic acids is 1. The first-order valence-electron chi connectivity index (χ1n) is 5.39. The van der Waals surface area contributed by atoms with E-state index in [1.807, 2.05) is 25.1 Å². The van der Waals surface area contributed by atoms with Crippen molar-refractivity contribution in [3.63, 3.8) is 0 Å². The van der Waals surface area contributed by atoms with E-state index in [-0.39, 0.29) is 5.91 Å². The van der Waals surface area contributed by atoms with Gasteiger partial charge in [-0.05, 0) is 65.9 Å². The van der Waals surface area contributed by atoms with Crippen LogP contribution in [0.4, 0.5) is 5.69 Å². The van der Waals surface area contributed by atoms with Gasteiger partial charge in [-0.3, -0.25) is 4.79 Å². The van der Waals surface area contributed by atoms with E-state index in [2.05, 4.69) is 27.9 Å². The van der Waals surface area contributed by atoms with Crippen LogP contribution in [0.25, 0.3) is 0 Å². The van der Waals surface area contributed by atoms with E-state index in [0.717, 1.165) is 14.8 Å². The van der Waals surface area contributed by atoms with Crippen LogP contribution in [-0.2, 0) is 0 Å². The van der Waals surface area contributed by atoms with E-state index in [0.29, 0.717) is 10.6 Å². The van der Waals surface area contributed by atoms with Gasteiger partial charge >= 0.3 is 0 Å². The molecule has 0 aliphatic heterocycles. The van der Waals surface area contributed by atoms with E-state index in [1.165, 1.54) is 0 Å². The highest BCUT2D eigenvalue weighted by Crippen LogP contribution is 2.18. The first-order chi connectivity index (χ1) is 8.56. The third-order valence-corrected chi connectivity index (χ3v) is 3.62. The highest BCUT2D eigenvalue weighted by molar-refractivity contribution is 14.1. The molecule has 0 spiro atoms. The fraction of sp³-hybridized carbons (Fsp3) is 0.0714. The SMILES string of the molecule is Cc1ccc(C(=O)Nc2ccc(Cl)cc2)c(I)c1. The van der Waals surface area contributed by atoms with Crippen LogP contribution in [0.5, 0.6) is 0 Å². The Hall–Kier alpha value is -1.07. The molecule has 0 atom stereocenters. The largest absolute Gasteiger partial charge is 0.322 e. The number of rotatable bonds is 2. The summed E-state index contributed by atoms with van der Waals surface area (Å²) in [7, 11) is 0. The lowest BCUT2D eigenvalue weighted by Gasteiger charge is -2.07. The molecule has 1 amide bonds. The zero-order chi connectivity index (χ0) is 13.1. The summed E-state index contributed by atoms with van der Waals surface area (Å²) in [6.45, 7) is 2.00. The van der Waals surface area contributed by atoms with Crippen molar-refractivity contribution in [3.05, 3.63) is 62.2 Å². The van der Waals surface area contributed by atoms with Crippen molar-refractivity contribution in [1.29, 1.82) is 0 Å². The maximum Gasteiger partial charge on any atom is 0.256 e. The van der Waals surface area contributed by atoms with Gasteiger partial charge in [-0.25, -0.2) is 0 Å². The molecule has 2 aromatic rings. The van der Waals surface area contributed by atoms with Gasteiger partial charge in [0, 0.05) is 14.3 Å². The molecule has 18 heavy (non-hydrogen) atoms.